The van der Waals surface area contributed by atoms with Crippen molar-refractivity contribution in [3.63, 3.8) is 0 Å². The van der Waals surface area contributed by atoms with Crippen LogP contribution >= 0.6 is 0 Å². The summed E-state index contributed by atoms with van der Waals surface area (Å²) in [6, 6.07) is 13.3. The average Bonchev–Trinajstić information content (AvgIpc) is 3.76. The molecule has 4 nitrogen and oxygen atoms in total. The molecule has 7 rings (SSSR count). The normalized spacial score (nSPS) is 35.4. The second-order valence-electron chi connectivity index (χ2n) is 12.9. The number of nitrogens with zero attached hydrogens (tertiary/aromatic N) is 2. The van der Waals surface area contributed by atoms with E-state index >= 15 is 0 Å². The van der Waals surface area contributed by atoms with Gasteiger partial charge in [0.15, 0.2) is 0 Å². The second-order valence-corrected chi connectivity index (χ2v) is 12.9. The third-order valence-corrected chi connectivity index (χ3v) is 10.8. The van der Waals surface area contributed by atoms with E-state index < -0.39 is 0 Å². The molecule has 38 heavy (non-hydrogen) atoms. The van der Waals surface area contributed by atoms with Crippen LogP contribution in [0.25, 0.3) is 11.1 Å². The van der Waals surface area contributed by atoms with Gasteiger partial charge < -0.3 is 5.21 Å². The van der Waals surface area contributed by atoms with Gasteiger partial charge in [-0.25, -0.2) is 0 Å². The molecule has 1 aromatic heterocycles. The predicted octanol–water partition coefficient (Wildman–Crippen LogP) is 7.75. The minimum Gasteiger partial charge on any atom is -0.411 e. The zero-order valence-corrected chi connectivity index (χ0v) is 22.6. The maximum absolute atomic E-state index is 13.7. The Bertz CT molecular complexity index is 1350. The summed E-state index contributed by atoms with van der Waals surface area (Å²) in [6.45, 7) is 4.84. The van der Waals surface area contributed by atoms with E-state index in [9.17, 15) is 10.0 Å². The summed E-state index contributed by atoms with van der Waals surface area (Å²) in [4.78, 5) is 18.0. The Morgan fingerprint density at radius 2 is 1.87 bits per heavy atom. The maximum Gasteiger partial charge on any atom is 0.139 e. The van der Waals surface area contributed by atoms with Crippen LogP contribution in [0.3, 0.4) is 0 Å². The summed E-state index contributed by atoms with van der Waals surface area (Å²) in [6.07, 6.45) is 14.3. The highest BCUT2D eigenvalue weighted by Gasteiger charge is 2.61. The lowest BCUT2D eigenvalue weighted by Gasteiger charge is -2.52. The fourth-order valence-corrected chi connectivity index (χ4v) is 9.09. The van der Waals surface area contributed by atoms with E-state index in [4.69, 9.17) is 0 Å². The van der Waals surface area contributed by atoms with Gasteiger partial charge in [0, 0.05) is 30.1 Å². The number of ketones is 1. The molecule has 0 radical (unpaired) electrons. The van der Waals surface area contributed by atoms with Crippen LogP contribution in [-0.4, -0.2) is 21.7 Å². The number of rotatable bonds is 4. The van der Waals surface area contributed by atoms with E-state index in [1.54, 1.807) is 5.57 Å². The van der Waals surface area contributed by atoms with Crippen LogP contribution < -0.4 is 0 Å². The van der Waals surface area contributed by atoms with E-state index in [0.717, 1.165) is 56.2 Å². The molecule has 1 N–H and O–H groups in total. The van der Waals surface area contributed by atoms with Crippen molar-refractivity contribution in [1.82, 2.24) is 4.98 Å². The molecule has 5 aliphatic carbocycles. The van der Waals surface area contributed by atoms with Gasteiger partial charge in [-0.3, -0.25) is 9.78 Å². The highest BCUT2D eigenvalue weighted by atomic mass is 16.4. The fraction of sp³-hybridized carbons (Fsp3) is 0.500. The highest BCUT2D eigenvalue weighted by molar-refractivity contribution is 5.97. The lowest BCUT2D eigenvalue weighted by molar-refractivity contribution is -0.130. The Labute approximate surface area is 225 Å². The summed E-state index contributed by atoms with van der Waals surface area (Å²) < 4.78 is 0. The summed E-state index contributed by atoms with van der Waals surface area (Å²) in [5.41, 5.74) is 9.12. The minimum atomic E-state index is 0.0497. The summed E-state index contributed by atoms with van der Waals surface area (Å²) >= 11 is 0. The van der Waals surface area contributed by atoms with Crippen LogP contribution in [0.2, 0.25) is 0 Å². The third kappa shape index (κ3) is 3.74. The van der Waals surface area contributed by atoms with Crippen molar-refractivity contribution in [3.8, 4) is 11.1 Å². The Kier molecular flexibility index (Phi) is 5.72. The molecule has 1 aromatic carbocycles. The SMILES string of the molecule is C[C@@H]1C[C@H]2[C@@H]3CCC4=CC(=NO)CCC4=C3[C@@H](c3ccc(-c4cccnc4)cc3)C[C@]2(C)[C@H]1C(=O)C1CC1. The van der Waals surface area contributed by atoms with Gasteiger partial charge >= 0.3 is 0 Å². The Balaban J connectivity index is 1.34. The molecule has 3 fully saturated rings. The van der Waals surface area contributed by atoms with Crippen LogP contribution in [0.4, 0.5) is 0 Å². The van der Waals surface area contributed by atoms with Crippen molar-refractivity contribution in [3.05, 3.63) is 77.2 Å². The van der Waals surface area contributed by atoms with Crippen molar-refractivity contribution in [2.75, 3.05) is 0 Å². The highest BCUT2D eigenvalue weighted by Crippen LogP contribution is 2.67. The predicted molar refractivity (Wildman–Crippen MR) is 150 cm³/mol. The summed E-state index contributed by atoms with van der Waals surface area (Å²) in [5.74, 6) is 3.00. The molecule has 0 saturated heterocycles. The third-order valence-electron chi connectivity index (χ3n) is 10.8. The van der Waals surface area contributed by atoms with Crippen LogP contribution in [0.1, 0.15) is 76.7 Å². The van der Waals surface area contributed by atoms with E-state index in [1.807, 2.05) is 18.5 Å². The van der Waals surface area contributed by atoms with Gasteiger partial charge in [0.2, 0.25) is 0 Å². The van der Waals surface area contributed by atoms with Crippen LogP contribution in [0.15, 0.2) is 76.7 Å². The first-order chi connectivity index (χ1) is 18.5. The number of fused-ring (bicyclic) bond motifs is 4. The molecule has 1 heterocycles. The van der Waals surface area contributed by atoms with Gasteiger partial charge in [0.1, 0.15) is 5.78 Å². The van der Waals surface area contributed by atoms with Crippen molar-refractivity contribution in [2.45, 2.75) is 71.1 Å². The van der Waals surface area contributed by atoms with Crippen LogP contribution in [0.5, 0.6) is 0 Å². The standard InChI is InChI=1S/C34H38N2O2/c1-20-16-30-28-13-11-24-17-26(36-38)12-14-27(24)31(28)29(18-34(30,2)32(20)33(37)23-9-10-23)22-7-5-21(6-8-22)25-4-3-15-35-19-25/h3-8,15,17,19-20,23,28-30,32,38H,9-14,16,18H2,1-2H3/t20-,28+,29-,30+,32-,34+/m1/s1. The van der Waals surface area contributed by atoms with Crippen LogP contribution in [0, 0.1) is 35.0 Å². The fourth-order valence-electron chi connectivity index (χ4n) is 9.09. The largest absolute Gasteiger partial charge is 0.411 e. The van der Waals surface area contributed by atoms with Crippen molar-refractivity contribution in [1.29, 1.82) is 0 Å². The monoisotopic (exact) mass is 506 g/mol. The molecule has 196 valence electrons. The molecule has 0 aliphatic heterocycles. The molecule has 0 spiro atoms. The van der Waals surface area contributed by atoms with Crippen molar-refractivity contribution < 1.29 is 10.0 Å². The molecular weight excluding hydrogens is 468 g/mol. The average molecular weight is 507 g/mol. The van der Waals surface area contributed by atoms with Crippen LogP contribution in [-0.2, 0) is 4.79 Å². The first-order valence-corrected chi connectivity index (χ1v) is 14.7. The van der Waals surface area contributed by atoms with E-state index in [2.05, 4.69) is 60.4 Å². The molecule has 0 bridgehead atoms. The summed E-state index contributed by atoms with van der Waals surface area (Å²) in [7, 11) is 0. The minimum absolute atomic E-state index is 0.0497. The molecule has 4 heteroatoms. The Hall–Kier alpha value is -3.01. The molecule has 0 amide bonds. The number of carbonyl (C=O) groups excluding carboxylic acids is 1. The second kappa shape index (κ2) is 9.03. The molecule has 3 saturated carbocycles. The number of oxime groups is 1. The van der Waals surface area contributed by atoms with Gasteiger partial charge in [-0.1, -0.05) is 54.9 Å². The maximum atomic E-state index is 13.7. The smallest absolute Gasteiger partial charge is 0.139 e. The quantitative estimate of drug-likeness (QED) is 0.341. The van der Waals surface area contributed by atoms with E-state index in [-0.39, 0.29) is 11.3 Å². The van der Waals surface area contributed by atoms with E-state index in [0.29, 0.717) is 35.4 Å². The number of allylic oxidation sites excluding steroid dienone is 4. The number of hydrogen-bond acceptors (Lipinski definition) is 4. The number of carbonyl (C=O) groups is 1. The molecule has 0 unspecified atom stereocenters. The molecular formula is C34H38N2O2. The lowest BCUT2D eigenvalue weighted by Crippen LogP contribution is -2.45. The lowest BCUT2D eigenvalue weighted by atomic mass is 9.51. The Morgan fingerprint density at radius 3 is 2.58 bits per heavy atom. The molecule has 2 aromatic rings. The zero-order chi connectivity index (χ0) is 26.0. The number of Topliss-reactive ketones (excluding diaryl/α,β-unsaturated/α-hetero) is 1. The number of pyridine rings is 1. The van der Waals surface area contributed by atoms with Crippen molar-refractivity contribution in [2.24, 2.45) is 40.2 Å². The van der Waals surface area contributed by atoms with Gasteiger partial charge in [-0.05, 0) is 115 Å². The van der Waals surface area contributed by atoms with Gasteiger partial charge in [0.25, 0.3) is 0 Å². The first-order valence-electron chi connectivity index (χ1n) is 14.7. The number of benzene rings is 1. The first kappa shape index (κ1) is 24.1. The van der Waals surface area contributed by atoms with Gasteiger partial charge in [0.05, 0.1) is 5.71 Å². The molecule has 6 atom stereocenters. The van der Waals surface area contributed by atoms with Gasteiger partial charge in [-0.15, -0.1) is 0 Å². The van der Waals surface area contributed by atoms with Crippen molar-refractivity contribution >= 4 is 11.5 Å². The number of hydrogen-bond donors (Lipinski definition) is 1. The Morgan fingerprint density at radius 1 is 1.05 bits per heavy atom. The summed E-state index contributed by atoms with van der Waals surface area (Å²) in [5, 5.41) is 13.0. The topological polar surface area (TPSA) is 62.6 Å². The zero-order valence-electron chi connectivity index (χ0n) is 22.6. The van der Waals surface area contributed by atoms with Gasteiger partial charge in [-0.2, -0.15) is 0 Å². The molecule has 5 aliphatic rings. The number of aromatic nitrogens is 1. The van der Waals surface area contributed by atoms with E-state index in [1.165, 1.54) is 28.7 Å².